The fourth-order valence-corrected chi connectivity index (χ4v) is 4.13. The molecule has 6 nitrogen and oxygen atoms in total. The van der Waals surface area contributed by atoms with Crippen LogP contribution in [0.5, 0.6) is 11.5 Å². The number of hydrogen-bond donors (Lipinski definition) is 2. The first-order valence-electron chi connectivity index (χ1n) is 8.71. The Labute approximate surface area is 153 Å². The van der Waals surface area contributed by atoms with Crippen LogP contribution in [0, 0.1) is 5.41 Å². The zero-order chi connectivity index (χ0) is 16.6. The molecule has 0 unspecified atom stereocenters. The number of ether oxygens (including phenoxy) is 2. The number of rotatable bonds is 2. The van der Waals surface area contributed by atoms with E-state index in [-0.39, 0.29) is 36.6 Å². The number of halogens is 1. The number of hydrogen-bond acceptors (Lipinski definition) is 5. The summed E-state index contributed by atoms with van der Waals surface area (Å²) < 4.78 is 10.7. The summed E-state index contributed by atoms with van der Waals surface area (Å²) in [5.41, 5.74) is 0.757. The van der Waals surface area contributed by atoms with Gasteiger partial charge >= 0.3 is 0 Å². The first-order chi connectivity index (χ1) is 11.7. The second-order valence-electron chi connectivity index (χ2n) is 7.13. The van der Waals surface area contributed by atoms with Crippen molar-refractivity contribution < 1.29 is 19.4 Å². The van der Waals surface area contributed by atoms with Gasteiger partial charge in [0.1, 0.15) is 0 Å². The van der Waals surface area contributed by atoms with Crippen LogP contribution in [0.15, 0.2) is 18.2 Å². The van der Waals surface area contributed by atoms with Crippen LogP contribution in [0.25, 0.3) is 0 Å². The first-order valence-corrected chi connectivity index (χ1v) is 8.71. The highest BCUT2D eigenvalue weighted by molar-refractivity contribution is 5.85. The Kier molecular flexibility index (Phi) is 5.41. The van der Waals surface area contributed by atoms with E-state index < -0.39 is 0 Å². The third-order valence-corrected chi connectivity index (χ3v) is 5.53. The molecule has 1 spiro atoms. The maximum absolute atomic E-state index is 12.8. The molecule has 2 N–H and O–H groups in total. The van der Waals surface area contributed by atoms with E-state index in [1.54, 1.807) is 0 Å². The molecule has 1 aromatic carbocycles. The van der Waals surface area contributed by atoms with Gasteiger partial charge < -0.3 is 24.8 Å². The molecule has 2 saturated heterocycles. The Balaban J connectivity index is 0.00000182. The molecular formula is C18H25ClN2O4. The summed E-state index contributed by atoms with van der Waals surface area (Å²) in [4.78, 5) is 14.7. The Bertz CT molecular complexity index is 638. The number of piperidine rings is 2. The summed E-state index contributed by atoms with van der Waals surface area (Å²) >= 11 is 0. The summed E-state index contributed by atoms with van der Waals surface area (Å²) in [5, 5.41) is 13.9. The summed E-state index contributed by atoms with van der Waals surface area (Å²) in [6.45, 7) is 3.31. The minimum Gasteiger partial charge on any atom is -0.454 e. The van der Waals surface area contributed by atoms with Gasteiger partial charge in [-0.05, 0) is 43.5 Å². The van der Waals surface area contributed by atoms with Crippen molar-refractivity contribution in [1.82, 2.24) is 10.2 Å². The third-order valence-electron chi connectivity index (χ3n) is 5.53. The van der Waals surface area contributed by atoms with Gasteiger partial charge in [-0.25, -0.2) is 0 Å². The maximum Gasteiger partial charge on any atom is 0.231 e. The average Bonchev–Trinajstić information content (AvgIpc) is 3.06. The second kappa shape index (κ2) is 7.40. The van der Waals surface area contributed by atoms with Gasteiger partial charge in [-0.15, -0.1) is 12.4 Å². The quantitative estimate of drug-likeness (QED) is 0.824. The van der Waals surface area contributed by atoms with E-state index in [0.29, 0.717) is 18.7 Å². The van der Waals surface area contributed by atoms with Crippen molar-refractivity contribution in [1.29, 1.82) is 0 Å². The number of amides is 1. The molecule has 7 heteroatoms. The van der Waals surface area contributed by atoms with Crippen LogP contribution in [0.1, 0.15) is 24.8 Å². The Morgan fingerprint density at radius 3 is 3.04 bits per heavy atom. The lowest BCUT2D eigenvalue weighted by Crippen LogP contribution is -2.59. The van der Waals surface area contributed by atoms with E-state index in [4.69, 9.17) is 9.47 Å². The van der Waals surface area contributed by atoms with Gasteiger partial charge in [-0.1, -0.05) is 6.07 Å². The van der Waals surface area contributed by atoms with Gasteiger partial charge in [0.2, 0.25) is 12.7 Å². The lowest BCUT2D eigenvalue weighted by Gasteiger charge is -2.48. The third kappa shape index (κ3) is 3.57. The monoisotopic (exact) mass is 368 g/mol. The smallest absolute Gasteiger partial charge is 0.231 e. The van der Waals surface area contributed by atoms with Gasteiger partial charge in [0.05, 0.1) is 12.5 Å². The molecule has 0 bridgehead atoms. The Hall–Kier alpha value is -1.50. The van der Waals surface area contributed by atoms with Gasteiger partial charge in [0, 0.05) is 25.0 Å². The van der Waals surface area contributed by atoms with Crippen LogP contribution in [0.4, 0.5) is 0 Å². The Morgan fingerprint density at radius 2 is 2.20 bits per heavy atom. The van der Waals surface area contributed by atoms with E-state index in [2.05, 4.69) is 5.32 Å². The molecule has 2 atom stereocenters. The number of nitrogens with one attached hydrogen (secondary N) is 1. The van der Waals surface area contributed by atoms with E-state index in [9.17, 15) is 9.90 Å². The van der Waals surface area contributed by atoms with Gasteiger partial charge in [0.15, 0.2) is 11.5 Å². The molecule has 0 saturated carbocycles. The fraction of sp³-hybridized carbons (Fsp3) is 0.611. The molecule has 1 amide bonds. The minimum absolute atomic E-state index is 0. The minimum atomic E-state index is -0.320. The van der Waals surface area contributed by atoms with Crippen molar-refractivity contribution >= 4 is 18.3 Å². The molecule has 0 aliphatic carbocycles. The summed E-state index contributed by atoms with van der Waals surface area (Å²) in [7, 11) is 0. The van der Waals surface area contributed by atoms with Gasteiger partial charge in [-0.3, -0.25) is 4.79 Å². The highest BCUT2D eigenvalue weighted by Gasteiger charge is 2.44. The van der Waals surface area contributed by atoms with Crippen molar-refractivity contribution in [3.63, 3.8) is 0 Å². The van der Waals surface area contributed by atoms with Crippen molar-refractivity contribution in [2.24, 2.45) is 5.41 Å². The van der Waals surface area contributed by atoms with Crippen molar-refractivity contribution in [3.05, 3.63) is 23.8 Å². The zero-order valence-electron chi connectivity index (χ0n) is 14.2. The number of fused-ring (bicyclic) bond motifs is 1. The average molecular weight is 369 g/mol. The van der Waals surface area contributed by atoms with Crippen LogP contribution in [-0.4, -0.2) is 55.0 Å². The Morgan fingerprint density at radius 1 is 1.36 bits per heavy atom. The van der Waals surface area contributed by atoms with Crippen LogP contribution >= 0.6 is 12.4 Å². The molecular weight excluding hydrogens is 344 g/mol. The number of carbonyl (C=O) groups excluding carboxylic acids is 1. The van der Waals surface area contributed by atoms with Crippen LogP contribution in [-0.2, 0) is 11.2 Å². The lowest BCUT2D eigenvalue weighted by molar-refractivity contribution is -0.137. The highest BCUT2D eigenvalue weighted by Crippen LogP contribution is 2.37. The predicted molar refractivity (Wildman–Crippen MR) is 95.3 cm³/mol. The molecule has 4 rings (SSSR count). The number of aliphatic hydroxyl groups excluding tert-OH is 1. The van der Waals surface area contributed by atoms with Gasteiger partial charge in [0.25, 0.3) is 0 Å². The fourth-order valence-electron chi connectivity index (χ4n) is 4.13. The van der Waals surface area contributed by atoms with Crippen LogP contribution in [0.3, 0.4) is 0 Å². The molecule has 0 aromatic heterocycles. The number of carbonyl (C=O) groups is 1. The van der Waals surface area contributed by atoms with Crippen LogP contribution < -0.4 is 14.8 Å². The molecule has 3 aliphatic rings. The summed E-state index contributed by atoms with van der Waals surface area (Å²) in [6, 6.07) is 5.66. The van der Waals surface area contributed by atoms with E-state index >= 15 is 0 Å². The summed E-state index contributed by atoms with van der Waals surface area (Å²) in [5.74, 6) is 1.56. The lowest BCUT2D eigenvalue weighted by atomic mass is 9.72. The molecule has 138 valence electrons. The standard InChI is InChI=1S/C18H24N2O4.ClH/c21-16-4-6-19-10-18(16)5-1-7-20(11-18)17(22)9-13-2-3-14-15(8-13)24-12-23-14;/h2-3,8,16,19,21H,1,4-7,9-12H2;1H/t16-,18-;/m0./s1. The van der Waals surface area contributed by atoms with Crippen molar-refractivity contribution in [2.45, 2.75) is 31.8 Å². The number of aliphatic hydroxyl groups is 1. The highest BCUT2D eigenvalue weighted by atomic mass is 35.5. The molecule has 2 fully saturated rings. The van der Waals surface area contributed by atoms with Crippen molar-refractivity contribution in [2.75, 3.05) is 33.0 Å². The van der Waals surface area contributed by atoms with Gasteiger partial charge in [-0.2, -0.15) is 0 Å². The first kappa shape index (κ1) is 18.3. The molecule has 0 radical (unpaired) electrons. The SMILES string of the molecule is Cl.O=C(Cc1ccc2c(c1)OCO2)N1CCC[C@]2(CNCC[C@@H]2O)C1. The van der Waals surface area contributed by atoms with E-state index in [1.165, 1.54) is 0 Å². The zero-order valence-corrected chi connectivity index (χ0v) is 15.0. The van der Waals surface area contributed by atoms with E-state index in [1.807, 2.05) is 23.1 Å². The predicted octanol–water partition coefficient (Wildman–Crippen LogP) is 1.34. The van der Waals surface area contributed by atoms with Crippen LogP contribution in [0.2, 0.25) is 0 Å². The number of likely N-dealkylation sites (tertiary alicyclic amines) is 1. The maximum atomic E-state index is 12.8. The normalized spacial score (nSPS) is 27.9. The molecule has 3 aliphatic heterocycles. The molecule has 1 aromatic rings. The molecule has 3 heterocycles. The number of nitrogens with zero attached hydrogens (tertiary/aromatic N) is 1. The van der Waals surface area contributed by atoms with E-state index in [0.717, 1.165) is 50.2 Å². The van der Waals surface area contributed by atoms with Crippen molar-refractivity contribution in [3.8, 4) is 11.5 Å². The second-order valence-corrected chi connectivity index (χ2v) is 7.13. The largest absolute Gasteiger partial charge is 0.454 e. The summed E-state index contributed by atoms with van der Waals surface area (Å²) in [6.07, 6.45) is 2.74. The topological polar surface area (TPSA) is 71.0 Å². The number of benzene rings is 1. The molecule has 25 heavy (non-hydrogen) atoms.